The Morgan fingerprint density at radius 2 is 2.31 bits per heavy atom. The van der Waals surface area contributed by atoms with Gasteiger partial charge >= 0.3 is 0 Å². The molecule has 0 bridgehead atoms. The van der Waals surface area contributed by atoms with Crippen LogP contribution in [-0.4, -0.2) is 24.7 Å². The van der Waals surface area contributed by atoms with Crippen molar-refractivity contribution >= 4 is 10.0 Å². The molecule has 72 valence electrons. The first-order valence-corrected chi connectivity index (χ1v) is 5.60. The Bertz CT molecular complexity index is 405. The molecule has 13 heavy (non-hydrogen) atoms. The van der Waals surface area contributed by atoms with Crippen molar-refractivity contribution in [3.05, 3.63) is 11.9 Å². The van der Waals surface area contributed by atoms with E-state index >= 15 is 0 Å². The summed E-state index contributed by atoms with van der Waals surface area (Å²) in [7, 11) is -3.33. The van der Waals surface area contributed by atoms with Crippen LogP contribution in [0.25, 0.3) is 0 Å². The van der Waals surface area contributed by atoms with E-state index < -0.39 is 10.0 Å². The number of sulfonamides is 1. The van der Waals surface area contributed by atoms with E-state index in [1.807, 2.05) is 0 Å². The number of hydrogen-bond donors (Lipinski definition) is 2. The molecule has 0 radical (unpaired) electrons. The molecule has 2 N–H and O–H groups in total. The van der Waals surface area contributed by atoms with Crippen LogP contribution in [0.5, 0.6) is 0 Å². The molecule has 0 spiro atoms. The molecular formula is C7H11N3O2S. The molecule has 0 saturated heterocycles. The van der Waals surface area contributed by atoms with Gasteiger partial charge in [-0.3, -0.25) is 5.10 Å². The number of nitrogens with one attached hydrogen (secondary N) is 2. The molecule has 1 aliphatic carbocycles. The number of rotatable bonds is 3. The molecule has 1 saturated carbocycles. The Morgan fingerprint density at radius 1 is 1.62 bits per heavy atom. The second kappa shape index (κ2) is 2.81. The predicted molar refractivity (Wildman–Crippen MR) is 46.7 cm³/mol. The largest absolute Gasteiger partial charge is 0.281 e. The smallest absolute Gasteiger partial charge is 0.244 e. The van der Waals surface area contributed by atoms with Gasteiger partial charge in [-0.25, -0.2) is 13.1 Å². The molecule has 1 fully saturated rings. The Labute approximate surface area is 76.6 Å². The zero-order chi connectivity index (χ0) is 9.47. The van der Waals surface area contributed by atoms with Gasteiger partial charge in [-0.05, 0) is 19.8 Å². The summed E-state index contributed by atoms with van der Waals surface area (Å²) in [4.78, 5) is 0.249. The van der Waals surface area contributed by atoms with Gasteiger partial charge in [0.15, 0.2) is 0 Å². The molecule has 0 aromatic carbocycles. The monoisotopic (exact) mass is 201 g/mol. The van der Waals surface area contributed by atoms with Gasteiger partial charge in [0.1, 0.15) is 4.90 Å². The van der Waals surface area contributed by atoms with Crippen molar-refractivity contribution in [1.82, 2.24) is 14.9 Å². The van der Waals surface area contributed by atoms with E-state index in [1.54, 1.807) is 6.92 Å². The van der Waals surface area contributed by atoms with E-state index in [9.17, 15) is 8.42 Å². The summed E-state index contributed by atoms with van der Waals surface area (Å²) in [5, 5.41) is 6.27. The third kappa shape index (κ3) is 1.73. The lowest BCUT2D eigenvalue weighted by atomic mass is 10.5. The highest BCUT2D eigenvalue weighted by atomic mass is 32.2. The Hall–Kier alpha value is -0.880. The first-order chi connectivity index (χ1) is 6.09. The minimum absolute atomic E-state index is 0.138. The first-order valence-electron chi connectivity index (χ1n) is 4.12. The average molecular weight is 201 g/mol. The van der Waals surface area contributed by atoms with Crippen LogP contribution in [0, 0.1) is 6.92 Å². The van der Waals surface area contributed by atoms with E-state index in [4.69, 9.17) is 0 Å². The highest BCUT2D eigenvalue weighted by molar-refractivity contribution is 7.89. The molecule has 1 heterocycles. The van der Waals surface area contributed by atoms with Crippen LogP contribution in [-0.2, 0) is 10.0 Å². The van der Waals surface area contributed by atoms with Crippen molar-refractivity contribution in [2.24, 2.45) is 0 Å². The maximum atomic E-state index is 11.6. The minimum Gasteiger partial charge on any atom is -0.281 e. The van der Waals surface area contributed by atoms with Crippen LogP contribution in [0.15, 0.2) is 11.1 Å². The van der Waals surface area contributed by atoms with Crippen molar-refractivity contribution < 1.29 is 8.42 Å². The van der Waals surface area contributed by atoms with Crippen molar-refractivity contribution in [2.45, 2.75) is 30.7 Å². The minimum atomic E-state index is -3.33. The lowest BCUT2D eigenvalue weighted by Crippen LogP contribution is -2.25. The SMILES string of the molecule is Cc1[nH]ncc1S(=O)(=O)NC1CC1. The van der Waals surface area contributed by atoms with Gasteiger partial charge in [-0.2, -0.15) is 5.10 Å². The van der Waals surface area contributed by atoms with E-state index in [2.05, 4.69) is 14.9 Å². The van der Waals surface area contributed by atoms with Gasteiger partial charge in [-0.1, -0.05) is 0 Å². The van der Waals surface area contributed by atoms with Crippen molar-refractivity contribution in [2.75, 3.05) is 0 Å². The first kappa shape index (κ1) is 8.71. The van der Waals surface area contributed by atoms with Gasteiger partial charge in [0.2, 0.25) is 10.0 Å². The van der Waals surface area contributed by atoms with Crippen LogP contribution in [0.3, 0.4) is 0 Å². The number of aromatic nitrogens is 2. The van der Waals surface area contributed by atoms with Crippen molar-refractivity contribution in [3.8, 4) is 0 Å². The van der Waals surface area contributed by atoms with Crippen LogP contribution >= 0.6 is 0 Å². The van der Waals surface area contributed by atoms with Crippen LogP contribution in [0.4, 0.5) is 0 Å². The third-order valence-electron chi connectivity index (χ3n) is 1.97. The van der Waals surface area contributed by atoms with E-state index in [0.29, 0.717) is 5.69 Å². The number of nitrogens with zero attached hydrogens (tertiary/aromatic N) is 1. The lowest BCUT2D eigenvalue weighted by Gasteiger charge is -2.02. The topological polar surface area (TPSA) is 74.8 Å². The Morgan fingerprint density at radius 3 is 2.77 bits per heavy atom. The van der Waals surface area contributed by atoms with Crippen molar-refractivity contribution in [1.29, 1.82) is 0 Å². The third-order valence-corrected chi connectivity index (χ3v) is 3.61. The molecule has 0 unspecified atom stereocenters. The number of H-pyrrole nitrogens is 1. The molecule has 0 atom stereocenters. The lowest BCUT2D eigenvalue weighted by molar-refractivity contribution is 0.580. The van der Waals surface area contributed by atoms with E-state index in [1.165, 1.54) is 6.20 Å². The van der Waals surface area contributed by atoms with Crippen LogP contribution < -0.4 is 4.72 Å². The maximum absolute atomic E-state index is 11.6. The highest BCUT2D eigenvalue weighted by Gasteiger charge is 2.29. The zero-order valence-electron chi connectivity index (χ0n) is 7.24. The highest BCUT2D eigenvalue weighted by Crippen LogP contribution is 2.22. The van der Waals surface area contributed by atoms with Gasteiger partial charge in [0, 0.05) is 6.04 Å². The molecule has 1 aromatic rings. The molecule has 1 aromatic heterocycles. The summed E-state index contributed by atoms with van der Waals surface area (Å²) in [5.41, 5.74) is 0.577. The Kier molecular flexibility index (Phi) is 1.88. The fourth-order valence-corrected chi connectivity index (χ4v) is 2.54. The number of aryl methyl sites for hydroxylation is 1. The summed E-state index contributed by atoms with van der Waals surface area (Å²) in [6.45, 7) is 1.69. The van der Waals surface area contributed by atoms with Gasteiger partial charge < -0.3 is 0 Å². The number of hydrogen-bond acceptors (Lipinski definition) is 3. The predicted octanol–water partition coefficient (Wildman–Crippen LogP) is 0.159. The molecule has 1 aliphatic rings. The van der Waals surface area contributed by atoms with E-state index in [-0.39, 0.29) is 10.9 Å². The standard InChI is InChI=1S/C7H11N3O2S/c1-5-7(4-8-9-5)13(11,12)10-6-2-3-6/h4,6,10H,2-3H2,1H3,(H,8,9). The zero-order valence-corrected chi connectivity index (χ0v) is 8.06. The summed E-state index contributed by atoms with van der Waals surface area (Å²) in [6, 6.07) is 0.138. The van der Waals surface area contributed by atoms with Crippen LogP contribution in [0.2, 0.25) is 0 Å². The maximum Gasteiger partial charge on any atom is 0.244 e. The van der Waals surface area contributed by atoms with Crippen LogP contribution in [0.1, 0.15) is 18.5 Å². The van der Waals surface area contributed by atoms with Crippen molar-refractivity contribution in [3.63, 3.8) is 0 Å². The summed E-state index contributed by atoms with van der Waals surface area (Å²) in [5.74, 6) is 0. The molecule has 6 heteroatoms. The van der Waals surface area contributed by atoms with E-state index in [0.717, 1.165) is 12.8 Å². The Balaban J connectivity index is 2.28. The molecule has 0 amide bonds. The average Bonchev–Trinajstić information content (AvgIpc) is 2.69. The fraction of sp³-hybridized carbons (Fsp3) is 0.571. The summed E-state index contributed by atoms with van der Waals surface area (Å²) >= 11 is 0. The molecule has 2 rings (SSSR count). The number of aromatic amines is 1. The quantitative estimate of drug-likeness (QED) is 0.731. The summed E-state index contributed by atoms with van der Waals surface area (Å²) in [6.07, 6.45) is 3.21. The normalized spacial score (nSPS) is 17.6. The summed E-state index contributed by atoms with van der Waals surface area (Å²) < 4.78 is 25.8. The molecule has 5 nitrogen and oxygen atoms in total. The second-order valence-corrected chi connectivity index (χ2v) is 4.94. The molecular weight excluding hydrogens is 190 g/mol. The van der Waals surface area contributed by atoms with Gasteiger partial charge in [-0.15, -0.1) is 0 Å². The fourth-order valence-electron chi connectivity index (χ4n) is 1.09. The van der Waals surface area contributed by atoms with Gasteiger partial charge in [0.25, 0.3) is 0 Å². The van der Waals surface area contributed by atoms with Gasteiger partial charge in [0.05, 0.1) is 11.9 Å². The second-order valence-electron chi connectivity index (χ2n) is 3.25. The molecule has 0 aliphatic heterocycles.